The van der Waals surface area contributed by atoms with E-state index in [0.29, 0.717) is 44.1 Å². The third kappa shape index (κ3) is 22.3. The summed E-state index contributed by atoms with van der Waals surface area (Å²) in [7, 11) is -9.21. The predicted octanol–water partition coefficient (Wildman–Crippen LogP) is -0.872. The van der Waals surface area contributed by atoms with Gasteiger partial charge in [0.2, 0.25) is 0 Å². The fraction of sp³-hybridized carbons (Fsp3) is 1.00. The third-order valence-electron chi connectivity index (χ3n) is 9.64. The monoisotopic (exact) mass is 800 g/mol. The summed E-state index contributed by atoms with van der Waals surface area (Å²) < 4.78 is 25.3. The molecule has 0 rings (SSSR count). The van der Waals surface area contributed by atoms with Crippen molar-refractivity contribution in [3.8, 4) is 0 Å². The molecule has 0 aromatic heterocycles. The van der Waals surface area contributed by atoms with Gasteiger partial charge in [0.05, 0.1) is 109 Å². The van der Waals surface area contributed by atoms with Crippen LogP contribution in [0, 0.1) is 0 Å². The molecule has 0 aromatic rings. The van der Waals surface area contributed by atoms with Crippen molar-refractivity contribution in [3.05, 3.63) is 0 Å². The van der Waals surface area contributed by atoms with Gasteiger partial charge in [0.1, 0.15) is 0 Å². The Labute approximate surface area is 302 Å². The van der Waals surface area contributed by atoms with Crippen molar-refractivity contribution in [1.29, 1.82) is 0 Å². The molecule has 0 spiro atoms. The summed E-state index contributed by atoms with van der Waals surface area (Å²) in [6, 6.07) is -1.13. The Morgan fingerprint density at radius 2 is 0.510 bits per heavy atom. The molecule has 21 heteroatoms. The number of hydrogen-bond donors (Lipinski definition) is 8. The summed E-state index contributed by atoms with van der Waals surface area (Å²) >= 11 is 0. The Hall–Kier alpha value is 0.444. The summed E-state index contributed by atoms with van der Waals surface area (Å²) in [5.41, 5.74) is 0. The maximum absolute atomic E-state index is 11.3. The van der Waals surface area contributed by atoms with Crippen molar-refractivity contribution in [2.24, 2.45) is 0 Å². The van der Waals surface area contributed by atoms with Crippen molar-refractivity contribution >= 4 is 44.3 Å². The van der Waals surface area contributed by atoms with Gasteiger partial charge in [0.15, 0.2) is 0 Å². The minimum absolute atomic E-state index is 0.283. The lowest BCUT2D eigenvalue weighted by Gasteiger charge is -2.40. The summed E-state index contributed by atoms with van der Waals surface area (Å²) in [5.74, 6) is 0. The van der Waals surface area contributed by atoms with Gasteiger partial charge in [-0.1, -0.05) is 0 Å². The highest BCUT2D eigenvalue weighted by molar-refractivity contribution is 6.84. The second-order valence-electron chi connectivity index (χ2n) is 16.2. The molecule has 0 heterocycles. The molecule has 296 valence electrons. The van der Waals surface area contributed by atoms with Gasteiger partial charge in [-0.25, -0.2) is 0 Å². The predicted molar refractivity (Wildman–Crippen MR) is 199 cm³/mol. The normalized spacial score (nSPS) is 14.9. The van der Waals surface area contributed by atoms with Gasteiger partial charge in [-0.3, -0.25) is 0 Å². The van der Waals surface area contributed by atoms with E-state index >= 15 is 0 Å². The van der Waals surface area contributed by atoms with E-state index in [1.807, 2.05) is 84.1 Å². The summed E-state index contributed by atoms with van der Waals surface area (Å²) in [6.07, 6.45) is 1.13. The van der Waals surface area contributed by atoms with Crippen LogP contribution in [0.5, 0.6) is 0 Å². The van der Waals surface area contributed by atoms with Crippen LogP contribution in [-0.2, 0) is 16.5 Å². The minimum Gasteiger partial charge on any atom is -0.390 e. The molecular formula is C28H76N4O12Si5+4. The molecule has 0 saturated heterocycles. The lowest BCUT2D eigenvalue weighted by atomic mass is 10.4. The van der Waals surface area contributed by atoms with Gasteiger partial charge in [0.25, 0.3) is 0 Å². The zero-order valence-corrected chi connectivity index (χ0v) is 37.8. The lowest BCUT2D eigenvalue weighted by molar-refractivity contribution is -0.888. The molecule has 0 atom stereocenters. The highest BCUT2D eigenvalue weighted by Gasteiger charge is 2.65. The zero-order valence-electron chi connectivity index (χ0n) is 32.8. The topological polar surface area (TPSA) is 199 Å². The Bertz CT molecular complexity index is 813. The van der Waals surface area contributed by atoms with E-state index < -0.39 is 44.3 Å². The van der Waals surface area contributed by atoms with Gasteiger partial charge >= 0.3 is 44.3 Å². The van der Waals surface area contributed by atoms with Crippen molar-refractivity contribution in [2.45, 2.75) is 77.6 Å². The quantitative estimate of drug-likeness (QED) is 0.0360. The van der Waals surface area contributed by atoms with Crippen LogP contribution in [0.15, 0.2) is 0 Å². The van der Waals surface area contributed by atoms with Gasteiger partial charge < -0.3 is 72.8 Å². The largest absolute Gasteiger partial charge is 0.649 e. The first-order chi connectivity index (χ1) is 21.9. The molecule has 0 saturated carbocycles. The van der Waals surface area contributed by atoms with Crippen molar-refractivity contribution < 1.29 is 72.8 Å². The van der Waals surface area contributed by atoms with Gasteiger partial charge in [-0.15, -0.1) is 0 Å². The summed E-state index contributed by atoms with van der Waals surface area (Å²) in [6.45, 7) is 13.3. The van der Waals surface area contributed by atoms with E-state index in [1.54, 1.807) is 0 Å². The average Bonchev–Trinajstić information content (AvgIpc) is 2.90. The van der Waals surface area contributed by atoms with E-state index in [2.05, 4.69) is 0 Å². The Morgan fingerprint density at radius 1 is 0.347 bits per heavy atom. The van der Waals surface area contributed by atoms with Crippen LogP contribution in [0.1, 0.15) is 53.4 Å². The first kappa shape index (κ1) is 49.4. The molecular weight excluding hydrogens is 725 g/mol. The van der Waals surface area contributed by atoms with E-state index in [9.17, 15) is 38.4 Å². The van der Waals surface area contributed by atoms with Crippen LogP contribution >= 0.6 is 0 Å². The van der Waals surface area contributed by atoms with Crippen LogP contribution in [0.4, 0.5) is 0 Å². The number of quaternary nitrogens is 4. The maximum Gasteiger partial charge on any atom is 0.649 e. The van der Waals surface area contributed by atoms with E-state index in [-0.39, 0.29) is 49.9 Å². The molecule has 0 aliphatic carbocycles. The van der Waals surface area contributed by atoms with Crippen LogP contribution in [0.3, 0.4) is 0 Å². The molecule has 49 heavy (non-hydrogen) atoms. The molecule has 8 N–H and O–H groups in total. The fourth-order valence-electron chi connectivity index (χ4n) is 4.71. The maximum atomic E-state index is 11.3. The molecule has 0 amide bonds. The molecule has 0 fully saturated rings. The van der Waals surface area contributed by atoms with Crippen molar-refractivity contribution in [3.63, 3.8) is 0 Å². The minimum atomic E-state index is -5.53. The van der Waals surface area contributed by atoms with E-state index in [4.69, 9.17) is 16.5 Å². The zero-order chi connectivity index (χ0) is 38.6. The van der Waals surface area contributed by atoms with Crippen LogP contribution < -0.4 is 0 Å². The average molecular weight is 801 g/mol. The van der Waals surface area contributed by atoms with Crippen molar-refractivity contribution in [1.82, 2.24) is 0 Å². The van der Waals surface area contributed by atoms with Gasteiger partial charge in [-0.05, 0) is 27.7 Å². The second kappa shape index (κ2) is 19.7. The van der Waals surface area contributed by atoms with Crippen LogP contribution in [0.25, 0.3) is 0 Å². The Balaban J connectivity index is 6.78. The number of nitrogens with zero attached hydrogens (tertiary/aromatic N) is 4. The Morgan fingerprint density at radius 3 is 0.653 bits per heavy atom. The molecule has 0 aliphatic heterocycles. The second-order valence-corrected chi connectivity index (χ2v) is 28.4. The molecule has 0 radical (unpaired) electrons. The highest BCUT2D eigenvalue weighted by Crippen LogP contribution is 2.30. The van der Waals surface area contributed by atoms with Gasteiger partial charge in [-0.2, -0.15) is 0 Å². The summed E-state index contributed by atoms with van der Waals surface area (Å²) in [5, 5.41) is 0. The molecule has 0 bridgehead atoms. The van der Waals surface area contributed by atoms with Gasteiger partial charge in [0, 0.05) is 49.9 Å². The third-order valence-corrected chi connectivity index (χ3v) is 22.9. The first-order valence-electron chi connectivity index (χ1n) is 17.8. The SMILES string of the molecule is CC[N+](C)(C)CCC[Si](O)(O)O[Si](O[Si](O)(O)CCC[N+](C)(C)CC)(O[Si](O)(O)CCC[N+](C)(C)CC)O[Si](O)(O)CCC[N+](C)(C)CC. The lowest BCUT2D eigenvalue weighted by Crippen LogP contribution is -2.70. The van der Waals surface area contributed by atoms with E-state index in [1.165, 1.54) is 0 Å². The molecule has 0 aromatic carbocycles. The standard InChI is InChI=1S/C28H76N4O12Si5/c1-13-29(5,6)21-17-25-45(33,34)41-49(42-46(35,36)26-18-22-30(7,8)14-2,43-47(37,38)27-19-23-31(9,10)15-3)44-48(39,40)28-20-24-32(11,12)16-4/h33-40H,13-28H2,1-12H3/q+4. The highest BCUT2D eigenvalue weighted by atomic mass is 28.6. The molecule has 16 nitrogen and oxygen atoms in total. The first-order valence-corrected chi connectivity index (χ1v) is 27.4. The summed E-state index contributed by atoms with van der Waals surface area (Å²) in [4.78, 5) is 90.1. The molecule has 0 aliphatic rings. The van der Waals surface area contributed by atoms with Crippen LogP contribution in [0.2, 0.25) is 24.2 Å². The van der Waals surface area contributed by atoms with Crippen LogP contribution in [-0.4, -0.2) is 209 Å². The number of rotatable bonds is 28. The number of hydrogen-bond acceptors (Lipinski definition) is 12. The van der Waals surface area contributed by atoms with E-state index in [0.717, 1.165) is 26.2 Å². The fourth-order valence-corrected chi connectivity index (χ4v) is 18.5. The van der Waals surface area contributed by atoms with Crippen molar-refractivity contribution in [2.75, 3.05) is 109 Å². The Kier molecular flexibility index (Phi) is 19.9. The smallest absolute Gasteiger partial charge is 0.390 e. The molecule has 0 unspecified atom stereocenters.